The molecule has 10 heteroatoms. The molecular formula is C38H43N3O6S. The maximum absolute atomic E-state index is 12.5. The van der Waals surface area contributed by atoms with Crippen molar-refractivity contribution in [3.8, 4) is 5.75 Å². The molecule has 2 amide bonds. The Bertz CT molecular complexity index is 1630. The Hall–Kier alpha value is -4.35. The minimum absolute atomic E-state index is 0.00725. The van der Waals surface area contributed by atoms with Crippen LogP contribution in [0.4, 0.5) is 11.4 Å². The van der Waals surface area contributed by atoms with E-state index >= 15 is 0 Å². The van der Waals surface area contributed by atoms with Crippen LogP contribution in [0.2, 0.25) is 0 Å². The summed E-state index contributed by atoms with van der Waals surface area (Å²) in [4.78, 5) is 25.7. The van der Waals surface area contributed by atoms with Crippen LogP contribution in [0.3, 0.4) is 0 Å². The molecule has 3 unspecified atom stereocenters. The van der Waals surface area contributed by atoms with Crippen LogP contribution in [0.1, 0.15) is 66.8 Å². The van der Waals surface area contributed by atoms with E-state index in [4.69, 9.17) is 19.9 Å². The topological polar surface area (TPSA) is 132 Å². The molecule has 0 aliphatic carbocycles. The van der Waals surface area contributed by atoms with Gasteiger partial charge in [0, 0.05) is 42.0 Å². The number of nitrogens with two attached hydrogens (primary N) is 1. The lowest BCUT2D eigenvalue weighted by molar-refractivity contribution is -0.245. The van der Waals surface area contributed by atoms with E-state index in [1.807, 2.05) is 84.9 Å². The maximum Gasteiger partial charge on any atom is 0.224 e. The van der Waals surface area contributed by atoms with Crippen molar-refractivity contribution in [3.05, 3.63) is 119 Å². The third-order valence-electron chi connectivity index (χ3n) is 8.14. The van der Waals surface area contributed by atoms with Gasteiger partial charge < -0.3 is 35.7 Å². The summed E-state index contributed by atoms with van der Waals surface area (Å²) in [5, 5.41) is 15.3. The van der Waals surface area contributed by atoms with E-state index in [9.17, 15) is 14.7 Å². The summed E-state index contributed by atoms with van der Waals surface area (Å²) in [7, 11) is 1.68. The molecule has 1 saturated heterocycles. The van der Waals surface area contributed by atoms with Crippen LogP contribution in [-0.2, 0) is 32.2 Å². The number of rotatable bonds is 15. The van der Waals surface area contributed by atoms with Crippen molar-refractivity contribution < 1.29 is 28.9 Å². The number of aliphatic hydroxyl groups is 1. The predicted octanol–water partition coefficient (Wildman–Crippen LogP) is 6.92. The SMILES string of the molecule is COc1ccccc1SCC1CC(c2ccc(CO)cc2)OC(c2ccc(CNC(=O)CCCCC(=O)Nc3ccccc3N)cc2)O1. The Balaban J connectivity index is 1.12. The van der Waals surface area contributed by atoms with E-state index in [1.165, 1.54) is 0 Å². The third-order valence-corrected chi connectivity index (χ3v) is 9.33. The van der Waals surface area contributed by atoms with Gasteiger partial charge in [-0.1, -0.05) is 72.8 Å². The molecule has 5 rings (SSSR count). The second kappa shape index (κ2) is 17.7. The van der Waals surface area contributed by atoms with Crippen molar-refractivity contribution in [1.29, 1.82) is 0 Å². The van der Waals surface area contributed by atoms with Crippen molar-refractivity contribution in [2.75, 3.05) is 23.9 Å². The van der Waals surface area contributed by atoms with Gasteiger partial charge in [-0.3, -0.25) is 9.59 Å². The first-order chi connectivity index (χ1) is 23.4. The highest BCUT2D eigenvalue weighted by Crippen LogP contribution is 2.40. The van der Waals surface area contributed by atoms with Crippen molar-refractivity contribution in [3.63, 3.8) is 0 Å². The zero-order chi connectivity index (χ0) is 33.7. The zero-order valence-corrected chi connectivity index (χ0v) is 27.9. The van der Waals surface area contributed by atoms with E-state index in [1.54, 1.807) is 31.0 Å². The van der Waals surface area contributed by atoms with Crippen LogP contribution in [0.15, 0.2) is 102 Å². The molecule has 0 radical (unpaired) electrons. The van der Waals surface area contributed by atoms with E-state index < -0.39 is 6.29 Å². The number of aliphatic hydroxyl groups excluding tert-OH is 1. The third kappa shape index (κ3) is 10.1. The largest absolute Gasteiger partial charge is 0.496 e. The molecule has 4 aromatic carbocycles. The highest BCUT2D eigenvalue weighted by molar-refractivity contribution is 7.99. The molecule has 252 valence electrons. The van der Waals surface area contributed by atoms with Crippen LogP contribution < -0.4 is 21.1 Å². The maximum atomic E-state index is 12.5. The summed E-state index contributed by atoms with van der Waals surface area (Å²) in [6, 6.07) is 30.8. The minimum Gasteiger partial charge on any atom is -0.496 e. The minimum atomic E-state index is -0.566. The standard InChI is InChI=1S/C38H43N3O6S/c1-45-33-10-4-5-11-35(33)48-25-30-22-34(28-18-16-27(24-42)17-19-28)47-38(46-30)29-20-14-26(15-21-29)23-40-36(43)12-6-7-13-37(44)41-32-9-3-2-8-31(32)39/h2-5,8-11,14-21,30,34,38,42H,6-7,12-13,22-25,39H2,1H3,(H,40,43)(H,41,44). The molecule has 48 heavy (non-hydrogen) atoms. The first kappa shape index (κ1) is 35.0. The molecule has 0 aromatic heterocycles. The quantitative estimate of drug-likeness (QED) is 0.0609. The van der Waals surface area contributed by atoms with E-state index in [0.29, 0.717) is 50.0 Å². The molecule has 4 aromatic rings. The van der Waals surface area contributed by atoms with E-state index in [2.05, 4.69) is 10.6 Å². The van der Waals surface area contributed by atoms with Crippen LogP contribution in [0, 0.1) is 0 Å². The number of methoxy groups -OCH3 is 1. The number of hydrogen-bond acceptors (Lipinski definition) is 8. The zero-order valence-electron chi connectivity index (χ0n) is 27.1. The van der Waals surface area contributed by atoms with Crippen LogP contribution in [-0.4, -0.2) is 35.9 Å². The Kier molecular flexibility index (Phi) is 12.9. The molecule has 1 aliphatic rings. The molecule has 1 fully saturated rings. The molecule has 0 saturated carbocycles. The molecule has 1 heterocycles. The second-order valence-electron chi connectivity index (χ2n) is 11.7. The number of nitrogens with one attached hydrogen (secondary N) is 2. The number of para-hydroxylation sites is 3. The number of amides is 2. The lowest BCUT2D eigenvalue weighted by atomic mass is 10.0. The number of hydrogen-bond donors (Lipinski definition) is 4. The normalized spacial score (nSPS) is 17.4. The van der Waals surface area contributed by atoms with Gasteiger partial charge in [0.05, 0.1) is 37.3 Å². The molecule has 5 N–H and O–H groups in total. The lowest BCUT2D eigenvalue weighted by Gasteiger charge is -2.36. The molecule has 9 nitrogen and oxygen atoms in total. The summed E-state index contributed by atoms with van der Waals surface area (Å²) in [6.07, 6.45) is 1.74. The number of carbonyl (C=O) groups is 2. The summed E-state index contributed by atoms with van der Waals surface area (Å²) in [5.41, 5.74) is 10.7. The van der Waals surface area contributed by atoms with Gasteiger partial charge in [-0.25, -0.2) is 0 Å². The number of unbranched alkanes of at least 4 members (excludes halogenated alkanes) is 1. The number of thioether (sulfide) groups is 1. The molecule has 3 atom stereocenters. The Morgan fingerprint density at radius 2 is 1.52 bits per heavy atom. The average Bonchev–Trinajstić information content (AvgIpc) is 3.13. The van der Waals surface area contributed by atoms with Gasteiger partial charge in [0.15, 0.2) is 6.29 Å². The van der Waals surface area contributed by atoms with Crippen molar-refractivity contribution in [1.82, 2.24) is 5.32 Å². The van der Waals surface area contributed by atoms with Crippen molar-refractivity contribution >= 4 is 35.0 Å². The fourth-order valence-electron chi connectivity index (χ4n) is 5.42. The highest BCUT2D eigenvalue weighted by atomic mass is 32.2. The van der Waals surface area contributed by atoms with Crippen molar-refractivity contribution in [2.24, 2.45) is 0 Å². The van der Waals surface area contributed by atoms with Gasteiger partial charge in [-0.15, -0.1) is 11.8 Å². The summed E-state index contributed by atoms with van der Waals surface area (Å²) in [5.74, 6) is 1.38. The molecule has 1 aliphatic heterocycles. The fraction of sp³-hybridized carbons (Fsp3) is 0.316. The number of benzene rings is 4. The molecule has 0 spiro atoms. The van der Waals surface area contributed by atoms with Crippen LogP contribution >= 0.6 is 11.8 Å². The highest BCUT2D eigenvalue weighted by Gasteiger charge is 2.32. The van der Waals surface area contributed by atoms with Crippen LogP contribution in [0.5, 0.6) is 5.75 Å². The van der Waals surface area contributed by atoms with Crippen LogP contribution in [0.25, 0.3) is 0 Å². The van der Waals surface area contributed by atoms with Gasteiger partial charge in [0.25, 0.3) is 0 Å². The average molecular weight is 670 g/mol. The van der Waals surface area contributed by atoms with E-state index in [-0.39, 0.29) is 30.6 Å². The lowest BCUT2D eigenvalue weighted by Crippen LogP contribution is -2.31. The first-order valence-corrected chi connectivity index (χ1v) is 17.2. The fourth-order valence-corrected chi connectivity index (χ4v) is 6.47. The van der Waals surface area contributed by atoms with E-state index in [0.717, 1.165) is 38.7 Å². The summed E-state index contributed by atoms with van der Waals surface area (Å²) >= 11 is 1.70. The predicted molar refractivity (Wildman–Crippen MR) is 188 cm³/mol. The van der Waals surface area contributed by atoms with Crippen molar-refractivity contribution in [2.45, 2.75) is 68.6 Å². The Labute approximate surface area is 286 Å². The van der Waals surface area contributed by atoms with Gasteiger partial charge in [-0.2, -0.15) is 0 Å². The monoisotopic (exact) mass is 669 g/mol. The summed E-state index contributed by atoms with van der Waals surface area (Å²) in [6.45, 7) is 0.393. The number of anilines is 2. The smallest absolute Gasteiger partial charge is 0.224 e. The Morgan fingerprint density at radius 3 is 2.25 bits per heavy atom. The number of nitrogen functional groups attached to an aromatic ring is 1. The van der Waals surface area contributed by atoms with Gasteiger partial charge >= 0.3 is 0 Å². The van der Waals surface area contributed by atoms with Gasteiger partial charge in [0.1, 0.15) is 5.75 Å². The van der Waals surface area contributed by atoms with Gasteiger partial charge in [-0.05, 0) is 53.8 Å². The second-order valence-corrected chi connectivity index (χ2v) is 12.7. The first-order valence-electron chi connectivity index (χ1n) is 16.2. The number of carbonyl (C=O) groups excluding carboxylic acids is 2. The Morgan fingerprint density at radius 1 is 0.854 bits per heavy atom. The van der Waals surface area contributed by atoms with Gasteiger partial charge in [0.2, 0.25) is 11.8 Å². The molecular weight excluding hydrogens is 627 g/mol. The number of ether oxygens (including phenoxy) is 3. The summed E-state index contributed by atoms with van der Waals surface area (Å²) < 4.78 is 18.5. The molecule has 0 bridgehead atoms.